The van der Waals surface area contributed by atoms with Gasteiger partial charge in [-0.1, -0.05) is 46.3 Å². The summed E-state index contributed by atoms with van der Waals surface area (Å²) in [4.78, 5) is 8.88. The van der Waals surface area contributed by atoms with Crippen molar-refractivity contribution in [1.82, 2.24) is 5.43 Å². The average Bonchev–Trinajstić information content (AvgIpc) is 2.87. The van der Waals surface area contributed by atoms with Crippen LogP contribution in [0.3, 0.4) is 0 Å². The Kier molecular flexibility index (Phi) is 6.25. The monoisotopic (exact) mass is 452 g/mol. The Morgan fingerprint density at radius 1 is 1.18 bits per heavy atom. The largest absolute Gasteiger partial charge is 0.416 e. The van der Waals surface area contributed by atoms with Gasteiger partial charge in [0.1, 0.15) is 5.84 Å². The Morgan fingerprint density at radius 3 is 2.57 bits per heavy atom. The first-order valence-corrected chi connectivity index (χ1v) is 9.42. The van der Waals surface area contributed by atoms with Gasteiger partial charge in [-0.25, -0.2) is 4.99 Å². The molecule has 0 radical (unpaired) electrons. The standard InChI is InChI=1S/C19H16BrF3N4O/c20-9-14(11-28)26-27-17-10-24-18(12-4-2-1-3-5-12)15-8-13(19(21,22)23)6-7-16(15)25-17/h1-8,28H,9-11H2,(H,25,27). The average molecular weight is 453 g/mol. The lowest BCUT2D eigenvalue weighted by Crippen LogP contribution is -2.23. The number of halogens is 4. The van der Waals surface area contributed by atoms with E-state index >= 15 is 0 Å². The fourth-order valence-corrected chi connectivity index (χ4v) is 2.88. The molecule has 0 saturated heterocycles. The van der Waals surface area contributed by atoms with E-state index in [4.69, 9.17) is 0 Å². The van der Waals surface area contributed by atoms with Crippen LogP contribution in [-0.4, -0.2) is 40.8 Å². The highest BCUT2D eigenvalue weighted by Crippen LogP contribution is 2.34. The molecule has 1 aliphatic rings. The van der Waals surface area contributed by atoms with Gasteiger partial charge >= 0.3 is 6.18 Å². The maximum Gasteiger partial charge on any atom is 0.416 e. The third-order valence-corrected chi connectivity index (χ3v) is 4.60. The number of aliphatic imine (C=N–C) groups is 2. The number of hydrogen-bond acceptors (Lipinski definition) is 5. The number of aliphatic hydroxyl groups is 1. The second kappa shape index (κ2) is 8.66. The predicted octanol–water partition coefficient (Wildman–Crippen LogP) is 3.92. The van der Waals surface area contributed by atoms with E-state index in [1.54, 1.807) is 24.3 Å². The summed E-state index contributed by atoms with van der Waals surface area (Å²) < 4.78 is 39.7. The van der Waals surface area contributed by atoms with Crippen molar-refractivity contribution in [3.05, 3.63) is 65.2 Å². The van der Waals surface area contributed by atoms with Gasteiger partial charge in [-0.2, -0.15) is 18.3 Å². The topological polar surface area (TPSA) is 69.3 Å². The molecule has 0 atom stereocenters. The molecule has 28 heavy (non-hydrogen) atoms. The molecule has 1 heterocycles. The first-order valence-electron chi connectivity index (χ1n) is 8.29. The lowest BCUT2D eigenvalue weighted by molar-refractivity contribution is -0.137. The van der Waals surface area contributed by atoms with Crippen LogP contribution in [0.5, 0.6) is 0 Å². The van der Waals surface area contributed by atoms with Crippen molar-refractivity contribution in [1.29, 1.82) is 0 Å². The number of fused-ring (bicyclic) bond motifs is 1. The summed E-state index contributed by atoms with van der Waals surface area (Å²) in [6.45, 7) is -0.139. The van der Waals surface area contributed by atoms with Gasteiger partial charge in [0.05, 0.1) is 35.8 Å². The molecular weight excluding hydrogens is 437 g/mol. The van der Waals surface area contributed by atoms with E-state index < -0.39 is 11.7 Å². The van der Waals surface area contributed by atoms with Crippen molar-refractivity contribution in [2.24, 2.45) is 15.1 Å². The van der Waals surface area contributed by atoms with E-state index in [-0.39, 0.29) is 13.2 Å². The Hall–Kier alpha value is -2.52. The van der Waals surface area contributed by atoms with E-state index in [0.29, 0.717) is 39.4 Å². The van der Waals surface area contributed by atoms with Gasteiger partial charge in [-0.05, 0) is 18.2 Å². The Balaban J connectivity index is 2.08. The Bertz CT molecular complexity index is 934. The van der Waals surface area contributed by atoms with Gasteiger partial charge in [0.15, 0.2) is 0 Å². The summed E-state index contributed by atoms with van der Waals surface area (Å²) in [5, 5.41) is 13.6. The molecule has 0 aromatic heterocycles. The highest BCUT2D eigenvalue weighted by Gasteiger charge is 2.32. The number of amidine groups is 1. The van der Waals surface area contributed by atoms with Crippen molar-refractivity contribution in [3.63, 3.8) is 0 Å². The zero-order valence-corrected chi connectivity index (χ0v) is 16.1. The first kappa shape index (κ1) is 20.2. The second-order valence-corrected chi connectivity index (χ2v) is 6.46. The van der Waals surface area contributed by atoms with Crippen LogP contribution in [0.2, 0.25) is 0 Å². The van der Waals surface area contributed by atoms with Gasteiger partial charge in [-0.3, -0.25) is 10.4 Å². The molecule has 146 valence electrons. The number of nitrogens with one attached hydrogen (secondary N) is 1. The molecule has 0 fully saturated rings. The minimum atomic E-state index is -4.47. The summed E-state index contributed by atoms with van der Waals surface area (Å²) in [5.41, 5.74) is 4.20. The minimum Gasteiger partial charge on any atom is -0.390 e. The molecule has 0 unspecified atom stereocenters. The molecular formula is C19H16BrF3N4O. The molecule has 0 saturated carbocycles. The predicted molar refractivity (Wildman–Crippen MR) is 107 cm³/mol. The molecule has 2 aromatic rings. The van der Waals surface area contributed by atoms with Crippen LogP contribution in [0.4, 0.5) is 18.9 Å². The van der Waals surface area contributed by atoms with Crippen molar-refractivity contribution in [3.8, 4) is 0 Å². The van der Waals surface area contributed by atoms with Crippen LogP contribution in [0.15, 0.2) is 63.6 Å². The molecule has 1 aliphatic heterocycles. The molecule has 0 amide bonds. The molecule has 2 N–H and O–H groups in total. The number of alkyl halides is 4. The van der Waals surface area contributed by atoms with Crippen LogP contribution in [0.1, 0.15) is 16.7 Å². The van der Waals surface area contributed by atoms with Gasteiger partial charge in [-0.15, -0.1) is 0 Å². The summed E-state index contributed by atoms with van der Waals surface area (Å²) in [6, 6.07) is 12.4. The van der Waals surface area contributed by atoms with Crippen LogP contribution in [0, 0.1) is 0 Å². The van der Waals surface area contributed by atoms with Crippen LogP contribution in [-0.2, 0) is 6.18 Å². The summed E-state index contributed by atoms with van der Waals surface area (Å²) in [5.74, 6) is 0.360. The van der Waals surface area contributed by atoms with E-state index in [1.165, 1.54) is 6.07 Å². The van der Waals surface area contributed by atoms with Gasteiger partial charge in [0, 0.05) is 16.5 Å². The van der Waals surface area contributed by atoms with Gasteiger partial charge in [0.2, 0.25) is 0 Å². The summed E-state index contributed by atoms with van der Waals surface area (Å²) >= 11 is 3.20. The maximum atomic E-state index is 13.2. The highest BCUT2D eigenvalue weighted by atomic mass is 79.9. The molecule has 3 rings (SSSR count). The molecule has 0 aliphatic carbocycles. The maximum absolute atomic E-state index is 13.2. The number of hydrogen-bond donors (Lipinski definition) is 2. The molecule has 0 spiro atoms. The quantitative estimate of drug-likeness (QED) is 0.419. The minimum absolute atomic E-state index is 0.102. The van der Waals surface area contributed by atoms with Crippen molar-refractivity contribution >= 4 is 38.9 Å². The van der Waals surface area contributed by atoms with E-state index in [9.17, 15) is 18.3 Å². The zero-order valence-electron chi connectivity index (χ0n) is 14.5. The third-order valence-electron chi connectivity index (χ3n) is 3.95. The van der Waals surface area contributed by atoms with Crippen LogP contribution < -0.4 is 5.43 Å². The number of hydrazone groups is 1. The summed E-state index contributed by atoms with van der Waals surface area (Å²) in [6.07, 6.45) is -4.47. The number of benzene rings is 2. The fraction of sp³-hybridized carbons (Fsp3) is 0.211. The van der Waals surface area contributed by atoms with E-state index in [1.807, 2.05) is 6.07 Å². The molecule has 2 aromatic carbocycles. The SMILES string of the molecule is OCC(CBr)=NNC1=Nc2ccc(C(F)(F)F)cc2C(c2ccccc2)=NC1. The fourth-order valence-electron chi connectivity index (χ4n) is 2.57. The molecule has 9 heteroatoms. The first-order chi connectivity index (χ1) is 13.4. The number of rotatable bonds is 4. The summed E-state index contributed by atoms with van der Waals surface area (Å²) in [7, 11) is 0. The Morgan fingerprint density at radius 2 is 1.93 bits per heavy atom. The smallest absolute Gasteiger partial charge is 0.390 e. The van der Waals surface area contributed by atoms with Gasteiger partial charge < -0.3 is 5.11 Å². The van der Waals surface area contributed by atoms with Gasteiger partial charge in [0.25, 0.3) is 0 Å². The van der Waals surface area contributed by atoms with Crippen LogP contribution in [0.25, 0.3) is 0 Å². The Labute approximate surface area is 167 Å². The highest BCUT2D eigenvalue weighted by molar-refractivity contribution is 9.09. The molecule has 0 bridgehead atoms. The number of aliphatic hydroxyl groups excluding tert-OH is 1. The lowest BCUT2D eigenvalue weighted by Gasteiger charge is -2.12. The van der Waals surface area contributed by atoms with Crippen molar-refractivity contribution < 1.29 is 18.3 Å². The van der Waals surface area contributed by atoms with Crippen molar-refractivity contribution in [2.45, 2.75) is 6.18 Å². The second-order valence-electron chi connectivity index (χ2n) is 5.90. The third kappa shape index (κ3) is 4.66. The van der Waals surface area contributed by atoms with E-state index in [2.05, 4.69) is 36.4 Å². The normalized spacial score (nSPS) is 14.7. The molecule has 5 nitrogen and oxygen atoms in total. The lowest BCUT2D eigenvalue weighted by atomic mass is 9.98. The van der Waals surface area contributed by atoms with E-state index in [0.717, 1.165) is 12.1 Å². The number of nitrogens with zero attached hydrogens (tertiary/aromatic N) is 3. The van der Waals surface area contributed by atoms with Crippen LogP contribution >= 0.6 is 15.9 Å². The zero-order chi connectivity index (χ0) is 20.1. The van der Waals surface area contributed by atoms with Crippen molar-refractivity contribution in [2.75, 3.05) is 18.5 Å².